The fourth-order valence-electron chi connectivity index (χ4n) is 4.92. The molecule has 3 aromatic rings. The fraction of sp³-hybridized carbons (Fsp3) is 0.370. The van der Waals surface area contributed by atoms with Gasteiger partial charge in [-0.15, -0.1) is 0 Å². The average molecular weight is 561 g/mol. The molecule has 5 rings (SSSR count). The van der Waals surface area contributed by atoms with Crippen molar-refractivity contribution in [2.75, 3.05) is 11.3 Å². The van der Waals surface area contributed by atoms with E-state index in [2.05, 4.69) is 20.0 Å². The van der Waals surface area contributed by atoms with Crippen molar-refractivity contribution in [2.45, 2.75) is 57.1 Å². The van der Waals surface area contributed by atoms with Gasteiger partial charge < -0.3 is 10.1 Å². The number of fused-ring (bicyclic) bond motifs is 4. The highest BCUT2D eigenvalue weighted by Crippen LogP contribution is 2.60. The molecule has 1 aliphatic carbocycles. The smallest absolute Gasteiger partial charge is 0.394 e. The maximum absolute atomic E-state index is 13.8. The third kappa shape index (κ3) is 5.17. The van der Waals surface area contributed by atoms with Gasteiger partial charge in [0.25, 0.3) is 15.9 Å². The van der Waals surface area contributed by atoms with Gasteiger partial charge in [0.1, 0.15) is 6.61 Å². The topological polar surface area (TPSA) is 110 Å². The number of hydrogen-bond donors (Lipinski definition) is 2. The Kier molecular flexibility index (Phi) is 6.56. The minimum Gasteiger partial charge on any atom is -0.475 e. The van der Waals surface area contributed by atoms with Crippen molar-refractivity contribution in [1.82, 2.24) is 15.3 Å². The van der Waals surface area contributed by atoms with Crippen molar-refractivity contribution in [3.05, 3.63) is 64.7 Å². The van der Waals surface area contributed by atoms with Gasteiger partial charge in [0.05, 0.1) is 22.0 Å². The minimum absolute atomic E-state index is 0.00223. The molecule has 0 saturated heterocycles. The molecule has 1 saturated carbocycles. The summed E-state index contributed by atoms with van der Waals surface area (Å²) < 4.78 is 76.2. The quantitative estimate of drug-likeness (QED) is 0.462. The second kappa shape index (κ2) is 9.51. The highest BCUT2D eigenvalue weighted by Gasteiger charge is 2.63. The molecule has 1 aromatic heterocycles. The van der Waals surface area contributed by atoms with Crippen LogP contribution >= 0.6 is 0 Å². The molecule has 2 aliphatic rings. The first kappa shape index (κ1) is 26.9. The molecule has 8 nitrogen and oxygen atoms in total. The molecule has 1 aliphatic heterocycles. The molecule has 2 aromatic carbocycles. The summed E-state index contributed by atoms with van der Waals surface area (Å²) in [6.45, 7) is 5.17. The van der Waals surface area contributed by atoms with Crippen molar-refractivity contribution in [3.63, 3.8) is 0 Å². The van der Waals surface area contributed by atoms with E-state index in [4.69, 9.17) is 4.74 Å². The standard InChI is InChI=1S/C27H27F3N4O4S/c1-15-6-4-7-16(2)21(15)22-17(3)24-33-25(32-22)34-39(36,37)20-9-5-8-18(12-20)23(35)31-19(14-38-24)13-26(10-11-26)27(28,29)30/h4-9,12,19H,10-11,13-14H2,1-3H3,(H,31,35)(H,32,33,34)/t19-/m1/s1. The van der Waals surface area contributed by atoms with Gasteiger partial charge in [-0.2, -0.15) is 18.2 Å². The number of sulfonamides is 1. The summed E-state index contributed by atoms with van der Waals surface area (Å²) >= 11 is 0. The average Bonchev–Trinajstić information content (AvgIpc) is 3.65. The number of alkyl halides is 3. The van der Waals surface area contributed by atoms with E-state index in [0.29, 0.717) is 11.3 Å². The highest BCUT2D eigenvalue weighted by atomic mass is 32.2. The van der Waals surface area contributed by atoms with Crippen LogP contribution in [0, 0.1) is 26.2 Å². The van der Waals surface area contributed by atoms with Crippen molar-refractivity contribution in [2.24, 2.45) is 5.41 Å². The molecule has 1 atom stereocenters. The van der Waals surface area contributed by atoms with E-state index in [1.165, 1.54) is 18.2 Å². The van der Waals surface area contributed by atoms with Gasteiger partial charge in [-0.05, 0) is 69.4 Å². The Hall–Kier alpha value is -3.67. The van der Waals surface area contributed by atoms with Crippen LogP contribution in [0.3, 0.4) is 0 Å². The van der Waals surface area contributed by atoms with Crippen LogP contribution in [0.25, 0.3) is 11.3 Å². The number of nitrogens with zero attached hydrogens (tertiary/aromatic N) is 2. The van der Waals surface area contributed by atoms with Gasteiger partial charge in [0, 0.05) is 16.7 Å². The second-order valence-corrected chi connectivity index (χ2v) is 11.9. The number of aromatic nitrogens is 2. The van der Waals surface area contributed by atoms with E-state index in [1.54, 1.807) is 6.92 Å². The van der Waals surface area contributed by atoms with E-state index in [0.717, 1.165) is 22.8 Å². The number of rotatable bonds is 3. The molecular weight excluding hydrogens is 533 g/mol. The summed E-state index contributed by atoms with van der Waals surface area (Å²) in [5.41, 5.74) is 1.51. The lowest BCUT2D eigenvalue weighted by Gasteiger charge is -2.26. The van der Waals surface area contributed by atoms with Crippen molar-refractivity contribution in [3.8, 4) is 17.1 Å². The van der Waals surface area contributed by atoms with Crippen LogP contribution in [0.4, 0.5) is 19.1 Å². The molecule has 39 heavy (non-hydrogen) atoms. The zero-order chi connectivity index (χ0) is 28.2. The van der Waals surface area contributed by atoms with Gasteiger partial charge in [0.15, 0.2) is 0 Å². The van der Waals surface area contributed by atoms with E-state index in [1.807, 2.05) is 32.0 Å². The summed E-state index contributed by atoms with van der Waals surface area (Å²) in [6, 6.07) is 9.88. The van der Waals surface area contributed by atoms with Crippen LogP contribution in [0.5, 0.6) is 5.88 Å². The van der Waals surface area contributed by atoms with E-state index in [-0.39, 0.29) is 48.2 Å². The number of ether oxygens (including phenoxy) is 1. The third-order valence-corrected chi connectivity index (χ3v) is 8.63. The van der Waals surface area contributed by atoms with Crippen molar-refractivity contribution in [1.29, 1.82) is 0 Å². The Morgan fingerprint density at radius 2 is 1.72 bits per heavy atom. The van der Waals surface area contributed by atoms with Crippen LogP contribution in [-0.4, -0.2) is 43.1 Å². The van der Waals surface area contributed by atoms with E-state index >= 15 is 0 Å². The number of nitrogens with one attached hydrogen (secondary N) is 2. The van der Waals surface area contributed by atoms with Crippen LogP contribution in [0.1, 0.15) is 46.3 Å². The predicted molar refractivity (Wildman–Crippen MR) is 138 cm³/mol. The number of hydrogen-bond acceptors (Lipinski definition) is 6. The van der Waals surface area contributed by atoms with Crippen molar-refractivity contribution >= 4 is 21.9 Å². The first-order valence-electron chi connectivity index (χ1n) is 12.4. The summed E-state index contributed by atoms with van der Waals surface area (Å²) in [5.74, 6) is -0.964. The lowest BCUT2D eigenvalue weighted by atomic mass is 9.96. The Balaban J connectivity index is 1.64. The van der Waals surface area contributed by atoms with Crippen LogP contribution in [-0.2, 0) is 10.0 Å². The van der Waals surface area contributed by atoms with Crippen LogP contribution < -0.4 is 14.8 Å². The molecule has 0 radical (unpaired) electrons. The summed E-state index contributed by atoms with van der Waals surface area (Å²) in [4.78, 5) is 21.6. The number of benzene rings is 2. The zero-order valence-electron chi connectivity index (χ0n) is 21.5. The molecule has 1 amide bonds. The number of halogens is 3. The van der Waals surface area contributed by atoms with E-state index < -0.39 is 33.6 Å². The fourth-order valence-corrected chi connectivity index (χ4v) is 5.91. The number of carbonyl (C=O) groups excluding carboxylic acids is 1. The van der Waals surface area contributed by atoms with Gasteiger partial charge in [-0.25, -0.2) is 18.1 Å². The summed E-state index contributed by atoms with van der Waals surface area (Å²) in [6.07, 6.45) is -4.87. The largest absolute Gasteiger partial charge is 0.475 e. The molecule has 206 valence electrons. The molecule has 4 bridgehead atoms. The molecule has 2 heterocycles. The SMILES string of the molecule is Cc1cccc(C)c1-c1nc2nc(c1C)OC[C@@H](CC1(C(F)(F)F)CC1)NC(=O)c1cccc(c1)S(=O)(=O)N2. The number of carbonyl (C=O) groups is 1. The van der Waals surface area contributed by atoms with Crippen LogP contribution in [0.15, 0.2) is 47.4 Å². The highest BCUT2D eigenvalue weighted by molar-refractivity contribution is 7.92. The third-order valence-electron chi connectivity index (χ3n) is 7.30. The van der Waals surface area contributed by atoms with Crippen molar-refractivity contribution < 1.29 is 31.1 Å². The molecule has 0 spiro atoms. The van der Waals surface area contributed by atoms with Crippen LogP contribution in [0.2, 0.25) is 0 Å². The zero-order valence-corrected chi connectivity index (χ0v) is 22.3. The monoisotopic (exact) mass is 560 g/mol. The summed E-state index contributed by atoms with van der Waals surface area (Å²) in [5, 5.41) is 2.63. The van der Waals surface area contributed by atoms with Gasteiger partial charge in [-0.3, -0.25) is 4.79 Å². The normalized spacial score (nSPS) is 19.8. The second-order valence-electron chi connectivity index (χ2n) is 10.2. The van der Waals surface area contributed by atoms with Gasteiger partial charge in [-0.1, -0.05) is 24.3 Å². The Bertz CT molecular complexity index is 1550. The molecular formula is C27H27F3N4O4S. The first-order chi connectivity index (χ1) is 18.3. The Morgan fingerprint density at radius 1 is 1.05 bits per heavy atom. The van der Waals surface area contributed by atoms with Gasteiger partial charge in [0.2, 0.25) is 11.8 Å². The Morgan fingerprint density at radius 3 is 2.36 bits per heavy atom. The molecule has 0 unspecified atom stereocenters. The van der Waals surface area contributed by atoms with E-state index in [9.17, 15) is 26.4 Å². The number of aryl methyl sites for hydroxylation is 2. The maximum atomic E-state index is 13.8. The lowest BCUT2D eigenvalue weighted by molar-refractivity contribution is -0.190. The molecule has 2 N–H and O–H groups in total. The summed E-state index contributed by atoms with van der Waals surface area (Å²) in [7, 11) is -4.23. The predicted octanol–water partition coefficient (Wildman–Crippen LogP) is 5.09. The van der Waals surface area contributed by atoms with Gasteiger partial charge >= 0.3 is 6.18 Å². The maximum Gasteiger partial charge on any atom is 0.394 e. The molecule has 12 heteroatoms. The lowest BCUT2D eigenvalue weighted by Crippen LogP contribution is -2.43. The number of amides is 1. The number of anilines is 1. The first-order valence-corrected chi connectivity index (χ1v) is 13.9. The molecule has 1 fully saturated rings. The Labute approximate surface area is 224 Å². The minimum atomic E-state index is -4.43.